The van der Waals surface area contributed by atoms with Crippen LogP contribution in [-0.4, -0.2) is 11.0 Å². The van der Waals surface area contributed by atoms with Crippen LogP contribution in [0.25, 0.3) is 0 Å². The highest BCUT2D eigenvalue weighted by molar-refractivity contribution is 5.09. The van der Waals surface area contributed by atoms with Gasteiger partial charge in [-0.2, -0.15) is 0 Å². The topological polar surface area (TPSA) is 24.9 Å². The molecule has 0 saturated carbocycles. The molecular weight excluding hydrogens is 184 g/mol. The summed E-state index contributed by atoms with van der Waals surface area (Å²) in [5.41, 5.74) is 2.23. The molecule has 1 N–H and O–H groups in total. The number of aromatic nitrogens is 1. The van der Waals surface area contributed by atoms with Crippen LogP contribution in [0.1, 0.15) is 44.5 Å². The first-order valence-corrected chi connectivity index (χ1v) is 5.88. The average molecular weight is 206 g/mol. The van der Waals surface area contributed by atoms with E-state index in [0.29, 0.717) is 6.04 Å². The van der Waals surface area contributed by atoms with Crippen molar-refractivity contribution in [1.82, 2.24) is 10.3 Å². The lowest BCUT2D eigenvalue weighted by Gasteiger charge is -2.12. The third-order valence-corrected chi connectivity index (χ3v) is 2.57. The van der Waals surface area contributed by atoms with Gasteiger partial charge in [0.2, 0.25) is 0 Å². The molecule has 2 heteroatoms. The van der Waals surface area contributed by atoms with Gasteiger partial charge in [-0.05, 0) is 32.4 Å². The molecule has 1 unspecified atom stereocenters. The largest absolute Gasteiger partial charge is 0.309 e. The van der Waals surface area contributed by atoms with Gasteiger partial charge in [-0.3, -0.25) is 4.98 Å². The first-order valence-electron chi connectivity index (χ1n) is 5.88. The molecule has 0 radical (unpaired) electrons. The van der Waals surface area contributed by atoms with Crippen LogP contribution in [-0.2, 0) is 6.54 Å². The van der Waals surface area contributed by atoms with Gasteiger partial charge in [-0.25, -0.2) is 0 Å². The van der Waals surface area contributed by atoms with Crippen molar-refractivity contribution in [1.29, 1.82) is 0 Å². The van der Waals surface area contributed by atoms with Crippen molar-refractivity contribution >= 4 is 0 Å². The van der Waals surface area contributed by atoms with E-state index in [1.165, 1.54) is 19.3 Å². The highest BCUT2D eigenvalue weighted by Crippen LogP contribution is 2.02. The van der Waals surface area contributed by atoms with Crippen LogP contribution < -0.4 is 5.32 Å². The van der Waals surface area contributed by atoms with Crippen molar-refractivity contribution in [2.75, 3.05) is 0 Å². The van der Waals surface area contributed by atoms with E-state index in [0.717, 1.165) is 17.9 Å². The fourth-order valence-corrected chi connectivity index (χ4v) is 1.59. The highest BCUT2D eigenvalue weighted by Gasteiger charge is 2.01. The van der Waals surface area contributed by atoms with Gasteiger partial charge >= 0.3 is 0 Å². The summed E-state index contributed by atoms with van der Waals surface area (Å²) in [5.74, 6) is 0. The second-order valence-corrected chi connectivity index (χ2v) is 4.19. The molecule has 1 atom stereocenters. The molecule has 0 aliphatic rings. The maximum Gasteiger partial charge on any atom is 0.0544 e. The van der Waals surface area contributed by atoms with Gasteiger partial charge in [0.05, 0.1) is 5.69 Å². The monoisotopic (exact) mass is 206 g/mol. The van der Waals surface area contributed by atoms with Crippen LogP contribution in [0.15, 0.2) is 18.2 Å². The molecule has 0 aliphatic carbocycles. The smallest absolute Gasteiger partial charge is 0.0544 e. The third-order valence-electron chi connectivity index (χ3n) is 2.57. The summed E-state index contributed by atoms with van der Waals surface area (Å²) in [5, 5.41) is 3.50. The summed E-state index contributed by atoms with van der Waals surface area (Å²) in [6.07, 6.45) is 3.83. The van der Waals surface area contributed by atoms with Crippen LogP contribution >= 0.6 is 0 Å². The minimum Gasteiger partial charge on any atom is -0.309 e. The SMILES string of the molecule is CCCCC(C)NCc1cccc(C)n1. The number of pyridine rings is 1. The molecule has 0 bridgehead atoms. The van der Waals surface area contributed by atoms with Gasteiger partial charge in [0.15, 0.2) is 0 Å². The molecule has 1 heterocycles. The summed E-state index contributed by atoms with van der Waals surface area (Å²) in [6, 6.07) is 6.76. The number of unbranched alkanes of at least 4 members (excludes halogenated alkanes) is 1. The van der Waals surface area contributed by atoms with Crippen molar-refractivity contribution in [3.63, 3.8) is 0 Å². The minimum atomic E-state index is 0.590. The van der Waals surface area contributed by atoms with Crippen molar-refractivity contribution in [3.05, 3.63) is 29.6 Å². The lowest BCUT2D eigenvalue weighted by molar-refractivity contribution is 0.491. The molecule has 0 spiro atoms. The zero-order valence-corrected chi connectivity index (χ0v) is 10.1. The molecule has 0 fully saturated rings. The first-order chi connectivity index (χ1) is 7.22. The Hall–Kier alpha value is -0.890. The van der Waals surface area contributed by atoms with Crippen molar-refractivity contribution in [2.24, 2.45) is 0 Å². The van der Waals surface area contributed by atoms with Crippen LogP contribution in [0.3, 0.4) is 0 Å². The molecule has 0 saturated heterocycles. The number of hydrogen-bond donors (Lipinski definition) is 1. The summed E-state index contributed by atoms with van der Waals surface area (Å²) in [6.45, 7) is 7.39. The summed E-state index contributed by atoms with van der Waals surface area (Å²) in [4.78, 5) is 4.46. The fraction of sp³-hybridized carbons (Fsp3) is 0.615. The zero-order chi connectivity index (χ0) is 11.1. The Balaban J connectivity index is 2.30. The number of hydrogen-bond acceptors (Lipinski definition) is 2. The molecule has 15 heavy (non-hydrogen) atoms. The zero-order valence-electron chi connectivity index (χ0n) is 10.1. The van der Waals surface area contributed by atoms with Crippen molar-refractivity contribution in [2.45, 2.75) is 52.6 Å². The van der Waals surface area contributed by atoms with E-state index in [2.05, 4.69) is 36.3 Å². The standard InChI is InChI=1S/C13H22N2/c1-4-5-7-11(2)14-10-13-9-6-8-12(3)15-13/h6,8-9,11,14H,4-5,7,10H2,1-3H3. The predicted octanol–water partition coefficient (Wildman–Crippen LogP) is 3.06. The lowest BCUT2D eigenvalue weighted by atomic mass is 10.1. The summed E-state index contributed by atoms with van der Waals surface area (Å²) < 4.78 is 0. The Kier molecular flexibility index (Phi) is 5.33. The Morgan fingerprint density at radius 2 is 2.20 bits per heavy atom. The Bertz CT molecular complexity index is 284. The van der Waals surface area contributed by atoms with Gasteiger partial charge in [0.1, 0.15) is 0 Å². The average Bonchev–Trinajstić information content (AvgIpc) is 2.23. The van der Waals surface area contributed by atoms with Gasteiger partial charge < -0.3 is 5.32 Å². The molecular formula is C13H22N2. The molecule has 0 amide bonds. The van der Waals surface area contributed by atoms with E-state index in [-0.39, 0.29) is 0 Å². The van der Waals surface area contributed by atoms with E-state index in [1.807, 2.05) is 13.0 Å². The van der Waals surface area contributed by atoms with Crippen LogP contribution in [0.2, 0.25) is 0 Å². The van der Waals surface area contributed by atoms with Gasteiger partial charge in [0, 0.05) is 18.3 Å². The quantitative estimate of drug-likeness (QED) is 0.773. The van der Waals surface area contributed by atoms with E-state index in [4.69, 9.17) is 0 Å². The first kappa shape index (κ1) is 12.2. The molecule has 1 rings (SSSR count). The van der Waals surface area contributed by atoms with Crippen molar-refractivity contribution < 1.29 is 0 Å². The molecule has 1 aromatic rings. The molecule has 1 aromatic heterocycles. The maximum atomic E-state index is 4.46. The molecule has 2 nitrogen and oxygen atoms in total. The summed E-state index contributed by atoms with van der Waals surface area (Å²) in [7, 11) is 0. The minimum absolute atomic E-state index is 0.590. The lowest BCUT2D eigenvalue weighted by Crippen LogP contribution is -2.25. The van der Waals surface area contributed by atoms with Crippen LogP contribution in [0, 0.1) is 6.92 Å². The fourth-order valence-electron chi connectivity index (χ4n) is 1.59. The number of aryl methyl sites for hydroxylation is 1. The molecule has 0 aromatic carbocycles. The number of nitrogens with one attached hydrogen (secondary N) is 1. The van der Waals surface area contributed by atoms with Gasteiger partial charge in [0.25, 0.3) is 0 Å². The van der Waals surface area contributed by atoms with Crippen molar-refractivity contribution in [3.8, 4) is 0 Å². The second kappa shape index (κ2) is 6.57. The predicted molar refractivity (Wildman–Crippen MR) is 64.8 cm³/mol. The molecule has 0 aliphatic heterocycles. The molecule has 84 valence electrons. The van der Waals surface area contributed by atoms with Crippen LogP contribution in [0.5, 0.6) is 0 Å². The number of nitrogens with zero attached hydrogens (tertiary/aromatic N) is 1. The number of rotatable bonds is 6. The second-order valence-electron chi connectivity index (χ2n) is 4.19. The third kappa shape index (κ3) is 4.93. The highest BCUT2D eigenvalue weighted by atomic mass is 14.9. The van der Waals surface area contributed by atoms with E-state index in [1.54, 1.807) is 0 Å². The Labute approximate surface area is 93.1 Å². The van der Waals surface area contributed by atoms with E-state index < -0.39 is 0 Å². The Morgan fingerprint density at radius 3 is 2.87 bits per heavy atom. The Morgan fingerprint density at radius 1 is 1.40 bits per heavy atom. The normalized spacial score (nSPS) is 12.7. The van der Waals surface area contributed by atoms with E-state index >= 15 is 0 Å². The van der Waals surface area contributed by atoms with E-state index in [9.17, 15) is 0 Å². The maximum absolute atomic E-state index is 4.46. The van der Waals surface area contributed by atoms with Gasteiger partial charge in [-0.15, -0.1) is 0 Å². The summed E-state index contributed by atoms with van der Waals surface area (Å²) >= 11 is 0. The van der Waals surface area contributed by atoms with Gasteiger partial charge in [-0.1, -0.05) is 25.8 Å². The van der Waals surface area contributed by atoms with Crippen LogP contribution in [0.4, 0.5) is 0 Å².